The number of hydrogen-bond acceptors (Lipinski definition) is 3. The van der Waals surface area contributed by atoms with Gasteiger partial charge in [-0.25, -0.2) is 0 Å². The highest BCUT2D eigenvalue weighted by Gasteiger charge is 2.15. The number of aryl methyl sites for hydroxylation is 2. The number of nitrogen functional groups attached to an aromatic ring is 1. The minimum atomic E-state index is 0.154. The van der Waals surface area contributed by atoms with E-state index in [1.54, 1.807) is 0 Å². The first-order valence-corrected chi connectivity index (χ1v) is 8.06. The molecule has 3 aromatic rings. The zero-order chi connectivity index (χ0) is 17.3. The summed E-state index contributed by atoms with van der Waals surface area (Å²) in [5, 5.41) is 19.6. The Morgan fingerprint density at radius 3 is 2.71 bits per heavy atom. The number of benzene rings is 2. The molecule has 0 bridgehead atoms. The molecule has 4 heteroatoms. The first-order chi connectivity index (χ1) is 11.6. The van der Waals surface area contributed by atoms with Gasteiger partial charge in [-0.2, -0.15) is 5.26 Å². The summed E-state index contributed by atoms with van der Waals surface area (Å²) in [7, 11) is 0. The summed E-state index contributed by atoms with van der Waals surface area (Å²) in [5.41, 5.74) is 12.8. The zero-order valence-corrected chi connectivity index (χ0v) is 14.0. The molecule has 1 heterocycles. The molecule has 0 atom stereocenters. The van der Waals surface area contributed by atoms with Crippen LogP contribution < -0.4 is 5.73 Å². The largest absolute Gasteiger partial charge is 0.398 e. The molecule has 0 unspecified atom stereocenters. The molecule has 0 amide bonds. The second kappa shape index (κ2) is 6.38. The maximum absolute atomic E-state index is 9.38. The molecule has 0 aliphatic rings. The van der Waals surface area contributed by atoms with Crippen LogP contribution >= 0.6 is 0 Å². The Bertz CT molecular complexity index is 948. The van der Waals surface area contributed by atoms with E-state index in [-0.39, 0.29) is 6.61 Å². The standard InChI is InChI=1S/C20H21N3O/c1-13-9-20-17(10-15(13)11-21)18(12-23(20)7-4-8-24)16-5-3-6-19(22)14(16)2/h3,5-6,9-10,12,24H,4,7-8,22H2,1-2H3. The van der Waals surface area contributed by atoms with Crippen molar-refractivity contribution in [2.75, 3.05) is 12.3 Å². The molecule has 2 aromatic carbocycles. The van der Waals surface area contributed by atoms with Gasteiger partial charge in [0.1, 0.15) is 0 Å². The van der Waals surface area contributed by atoms with Crippen molar-refractivity contribution in [3.63, 3.8) is 0 Å². The fraction of sp³-hybridized carbons (Fsp3) is 0.250. The summed E-state index contributed by atoms with van der Waals surface area (Å²) < 4.78 is 2.15. The van der Waals surface area contributed by atoms with Crippen LogP contribution in [0.3, 0.4) is 0 Å². The van der Waals surface area contributed by atoms with Crippen LogP contribution in [0.25, 0.3) is 22.0 Å². The molecule has 0 fully saturated rings. The summed E-state index contributed by atoms with van der Waals surface area (Å²) in [4.78, 5) is 0. The number of nitrogens with zero attached hydrogens (tertiary/aromatic N) is 2. The predicted molar refractivity (Wildman–Crippen MR) is 97.7 cm³/mol. The number of nitrogens with two attached hydrogens (primary N) is 1. The van der Waals surface area contributed by atoms with E-state index in [9.17, 15) is 5.26 Å². The monoisotopic (exact) mass is 319 g/mol. The number of hydrogen-bond donors (Lipinski definition) is 2. The van der Waals surface area contributed by atoms with Gasteiger partial charge in [0.25, 0.3) is 0 Å². The van der Waals surface area contributed by atoms with E-state index in [0.717, 1.165) is 45.4 Å². The Labute approximate surface area is 141 Å². The smallest absolute Gasteiger partial charge is 0.0994 e. The van der Waals surface area contributed by atoms with Gasteiger partial charge in [0, 0.05) is 41.5 Å². The lowest BCUT2D eigenvalue weighted by Crippen LogP contribution is -1.98. The van der Waals surface area contributed by atoms with E-state index >= 15 is 0 Å². The van der Waals surface area contributed by atoms with Gasteiger partial charge >= 0.3 is 0 Å². The predicted octanol–water partition coefficient (Wildman–Crippen LogP) is 3.76. The fourth-order valence-electron chi connectivity index (χ4n) is 3.15. The van der Waals surface area contributed by atoms with Crippen molar-refractivity contribution in [1.29, 1.82) is 5.26 Å². The number of aliphatic hydroxyl groups excluding tert-OH is 1. The van der Waals surface area contributed by atoms with Gasteiger partial charge in [-0.05, 0) is 55.2 Å². The zero-order valence-electron chi connectivity index (χ0n) is 14.0. The normalized spacial score (nSPS) is 10.9. The molecular formula is C20H21N3O. The van der Waals surface area contributed by atoms with Gasteiger partial charge in [-0.1, -0.05) is 12.1 Å². The third-order valence-electron chi connectivity index (χ3n) is 4.57. The Morgan fingerprint density at radius 1 is 1.21 bits per heavy atom. The van der Waals surface area contributed by atoms with Crippen LogP contribution in [0, 0.1) is 25.2 Å². The van der Waals surface area contributed by atoms with E-state index in [1.807, 2.05) is 32.0 Å². The molecule has 3 N–H and O–H groups in total. The lowest BCUT2D eigenvalue weighted by molar-refractivity contribution is 0.280. The molecule has 0 saturated heterocycles. The summed E-state index contributed by atoms with van der Waals surface area (Å²) in [5.74, 6) is 0. The van der Waals surface area contributed by atoms with Crippen molar-refractivity contribution in [3.8, 4) is 17.2 Å². The van der Waals surface area contributed by atoms with Crippen molar-refractivity contribution < 1.29 is 5.11 Å². The van der Waals surface area contributed by atoms with Crippen LogP contribution in [-0.4, -0.2) is 16.3 Å². The third-order valence-corrected chi connectivity index (χ3v) is 4.57. The summed E-state index contributed by atoms with van der Waals surface area (Å²) >= 11 is 0. The third kappa shape index (κ3) is 2.64. The molecule has 0 spiro atoms. The Morgan fingerprint density at radius 2 is 2.00 bits per heavy atom. The van der Waals surface area contributed by atoms with E-state index in [4.69, 9.17) is 10.8 Å². The van der Waals surface area contributed by atoms with Gasteiger partial charge in [0.15, 0.2) is 0 Å². The van der Waals surface area contributed by atoms with Gasteiger partial charge in [0.2, 0.25) is 0 Å². The number of fused-ring (bicyclic) bond motifs is 1. The van der Waals surface area contributed by atoms with Crippen LogP contribution in [0.15, 0.2) is 36.5 Å². The quantitative estimate of drug-likeness (QED) is 0.719. The van der Waals surface area contributed by atoms with E-state index < -0.39 is 0 Å². The molecule has 4 nitrogen and oxygen atoms in total. The van der Waals surface area contributed by atoms with Crippen molar-refractivity contribution in [3.05, 3.63) is 53.2 Å². The number of anilines is 1. The number of rotatable bonds is 4. The van der Waals surface area contributed by atoms with Crippen molar-refractivity contribution >= 4 is 16.6 Å². The van der Waals surface area contributed by atoms with Crippen LogP contribution in [0.4, 0.5) is 5.69 Å². The number of nitriles is 1. The molecule has 0 saturated carbocycles. The minimum Gasteiger partial charge on any atom is -0.398 e. The van der Waals surface area contributed by atoms with Gasteiger partial charge in [-0.3, -0.25) is 0 Å². The van der Waals surface area contributed by atoms with Crippen molar-refractivity contribution in [2.45, 2.75) is 26.8 Å². The highest BCUT2D eigenvalue weighted by Crippen LogP contribution is 2.35. The fourth-order valence-corrected chi connectivity index (χ4v) is 3.15. The topological polar surface area (TPSA) is 75.0 Å². The van der Waals surface area contributed by atoms with Gasteiger partial charge in [0.05, 0.1) is 11.6 Å². The van der Waals surface area contributed by atoms with Gasteiger partial charge < -0.3 is 15.4 Å². The SMILES string of the molecule is Cc1cc2c(cc1C#N)c(-c1cccc(N)c1C)cn2CCCO. The molecule has 1 aromatic heterocycles. The highest BCUT2D eigenvalue weighted by atomic mass is 16.3. The molecule has 3 rings (SSSR count). The second-order valence-electron chi connectivity index (χ2n) is 6.13. The lowest BCUT2D eigenvalue weighted by atomic mass is 9.97. The number of aromatic nitrogens is 1. The maximum Gasteiger partial charge on any atom is 0.0994 e. The van der Waals surface area contributed by atoms with Crippen LogP contribution in [-0.2, 0) is 6.54 Å². The first-order valence-electron chi connectivity index (χ1n) is 8.06. The van der Waals surface area contributed by atoms with E-state index in [0.29, 0.717) is 12.0 Å². The maximum atomic E-state index is 9.38. The summed E-state index contributed by atoms with van der Waals surface area (Å²) in [6.07, 6.45) is 2.79. The van der Waals surface area contributed by atoms with E-state index in [2.05, 4.69) is 29.0 Å². The van der Waals surface area contributed by atoms with Crippen LogP contribution in [0.5, 0.6) is 0 Å². The number of aliphatic hydroxyl groups is 1. The average Bonchev–Trinajstić information content (AvgIpc) is 2.92. The molecular weight excluding hydrogens is 298 g/mol. The molecule has 24 heavy (non-hydrogen) atoms. The first kappa shape index (κ1) is 16.1. The molecule has 122 valence electrons. The van der Waals surface area contributed by atoms with Crippen LogP contribution in [0.1, 0.15) is 23.1 Å². The van der Waals surface area contributed by atoms with E-state index in [1.165, 1.54) is 0 Å². The molecule has 0 aliphatic heterocycles. The Balaban J connectivity index is 2.31. The minimum absolute atomic E-state index is 0.154. The Hall–Kier alpha value is -2.77. The summed E-state index contributed by atoms with van der Waals surface area (Å²) in [6.45, 7) is 4.86. The highest BCUT2D eigenvalue weighted by molar-refractivity contribution is 5.98. The van der Waals surface area contributed by atoms with Crippen molar-refractivity contribution in [2.24, 2.45) is 0 Å². The average molecular weight is 319 g/mol. The van der Waals surface area contributed by atoms with Crippen molar-refractivity contribution in [1.82, 2.24) is 4.57 Å². The summed E-state index contributed by atoms with van der Waals surface area (Å²) in [6, 6.07) is 12.2. The lowest BCUT2D eigenvalue weighted by Gasteiger charge is -2.07. The Kier molecular flexibility index (Phi) is 4.28. The molecule has 0 radical (unpaired) electrons. The van der Waals surface area contributed by atoms with Gasteiger partial charge in [-0.15, -0.1) is 0 Å². The molecule has 0 aliphatic carbocycles. The second-order valence-corrected chi connectivity index (χ2v) is 6.13. The van der Waals surface area contributed by atoms with Crippen LogP contribution in [0.2, 0.25) is 0 Å².